The highest BCUT2D eigenvalue weighted by Crippen LogP contribution is 2.36. The fourth-order valence-corrected chi connectivity index (χ4v) is 5.89. The minimum absolute atomic E-state index is 0.0530. The molecule has 10 nitrogen and oxygen atoms in total. The molecule has 0 saturated carbocycles. The molecule has 1 aliphatic heterocycles. The van der Waals surface area contributed by atoms with Crippen LogP contribution in [0, 0.1) is 11.6 Å². The molecule has 1 saturated heterocycles. The zero-order chi connectivity index (χ0) is 33.1. The van der Waals surface area contributed by atoms with Crippen molar-refractivity contribution in [2.24, 2.45) is 0 Å². The van der Waals surface area contributed by atoms with E-state index in [9.17, 15) is 23.2 Å². The van der Waals surface area contributed by atoms with Crippen LogP contribution in [-0.4, -0.2) is 58.3 Å². The summed E-state index contributed by atoms with van der Waals surface area (Å²) in [5.74, 6) is -1.04. The van der Waals surface area contributed by atoms with E-state index < -0.39 is 23.6 Å². The standard InChI is InChI=1S/C34H29ClF2N6O4/c1-47-30-16-20(36)7-8-23(30)25-17-31(38-18-27(25)35)40-34(46)39-21-10-12-43(13-11-21)33(45)26-14-19(6-9-28(26)37)15-29-22-4-2-3-5-24(22)32(44)42-41-29/h2-9,14,16-18,21H,10-13,15H2,1H3,(H,42,44)(H2,38,39,40,46). The molecule has 0 radical (unpaired) electrons. The molecule has 0 spiro atoms. The van der Waals surface area contributed by atoms with Gasteiger partial charge in [-0.1, -0.05) is 35.9 Å². The molecule has 47 heavy (non-hydrogen) atoms. The van der Waals surface area contributed by atoms with Crippen molar-refractivity contribution in [3.05, 3.63) is 117 Å². The number of nitrogens with zero attached hydrogens (tertiary/aromatic N) is 3. The molecular weight excluding hydrogens is 630 g/mol. The highest BCUT2D eigenvalue weighted by Gasteiger charge is 2.27. The van der Waals surface area contributed by atoms with Gasteiger partial charge in [0.25, 0.3) is 11.5 Å². The Bertz CT molecular complexity index is 2050. The first-order valence-corrected chi connectivity index (χ1v) is 15.2. The number of hydrogen-bond donors (Lipinski definition) is 3. The zero-order valence-electron chi connectivity index (χ0n) is 25.1. The largest absolute Gasteiger partial charge is 0.496 e. The Morgan fingerprint density at radius 1 is 1.02 bits per heavy atom. The van der Waals surface area contributed by atoms with Crippen LogP contribution >= 0.6 is 11.6 Å². The molecule has 1 fully saturated rings. The predicted molar refractivity (Wildman–Crippen MR) is 174 cm³/mol. The summed E-state index contributed by atoms with van der Waals surface area (Å²) < 4.78 is 33.9. The van der Waals surface area contributed by atoms with Gasteiger partial charge in [0.05, 0.1) is 28.8 Å². The number of aromatic amines is 1. The fourth-order valence-electron chi connectivity index (χ4n) is 5.68. The van der Waals surface area contributed by atoms with Crippen LogP contribution in [0.3, 0.4) is 0 Å². The lowest BCUT2D eigenvalue weighted by Gasteiger charge is -2.32. The van der Waals surface area contributed by atoms with E-state index in [1.54, 1.807) is 35.2 Å². The highest BCUT2D eigenvalue weighted by molar-refractivity contribution is 6.33. The number of fused-ring (bicyclic) bond motifs is 1. The maximum Gasteiger partial charge on any atom is 0.320 e. The van der Waals surface area contributed by atoms with Gasteiger partial charge in [0, 0.05) is 54.3 Å². The predicted octanol–water partition coefficient (Wildman–Crippen LogP) is 5.94. The number of carbonyl (C=O) groups excluding carboxylic acids is 2. The van der Waals surface area contributed by atoms with Crippen LogP contribution < -0.4 is 20.9 Å². The summed E-state index contributed by atoms with van der Waals surface area (Å²) in [6.45, 7) is 0.626. The second-order valence-electron chi connectivity index (χ2n) is 11.1. The number of hydrogen-bond acceptors (Lipinski definition) is 6. The molecular formula is C34H29ClF2N6O4. The van der Waals surface area contributed by atoms with Gasteiger partial charge in [0.15, 0.2) is 0 Å². The Kier molecular flexibility index (Phi) is 9.12. The third-order valence-corrected chi connectivity index (χ3v) is 8.38. The number of piperidine rings is 1. The first kappa shape index (κ1) is 31.6. The maximum atomic E-state index is 14.9. The van der Waals surface area contributed by atoms with E-state index in [0.29, 0.717) is 70.5 Å². The van der Waals surface area contributed by atoms with Crippen LogP contribution in [0.5, 0.6) is 5.75 Å². The van der Waals surface area contributed by atoms with E-state index in [0.717, 1.165) is 0 Å². The van der Waals surface area contributed by atoms with Crippen molar-refractivity contribution in [3.63, 3.8) is 0 Å². The average Bonchev–Trinajstić information content (AvgIpc) is 3.08. The SMILES string of the molecule is COc1cc(F)ccc1-c1cc(NC(=O)NC2CCN(C(=O)c3cc(Cc4n[nH]c(=O)c5ccccc45)ccc3F)CC2)ncc1Cl. The van der Waals surface area contributed by atoms with Gasteiger partial charge in [-0.15, -0.1) is 0 Å². The summed E-state index contributed by atoms with van der Waals surface area (Å²) in [5.41, 5.74) is 1.96. The normalized spacial score (nSPS) is 13.4. The molecule has 6 rings (SSSR count). The minimum Gasteiger partial charge on any atom is -0.496 e. The van der Waals surface area contributed by atoms with E-state index in [4.69, 9.17) is 16.3 Å². The molecule has 3 amide bonds. The number of carbonyl (C=O) groups is 2. The Balaban J connectivity index is 1.07. The number of urea groups is 1. The molecule has 0 unspecified atom stereocenters. The lowest BCUT2D eigenvalue weighted by Crippen LogP contribution is -2.47. The summed E-state index contributed by atoms with van der Waals surface area (Å²) >= 11 is 6.35. The number of amides is 3. The topological polar surface area (TPSA) is 129 Å². The lowest BCUT2D eigenvalue weighted by molar-refractivity contribution is 0.0704. The summed E-state index contributed by atoms with van der Waals surface area (Å²) in [6.07, 6.45) is 2.59. The van der Waals surface area contributed by atoms with Crippen LogP contribution in [-0.2, 0) is 6.42 Å². The van der Waals surface area contributed by atoms with Gasteiger partial charge in [-0.3, -0.25) is 14.9 Å². The van der Waals surface area contributed by atoms with Crippen molar-refractivity contribution >= 4 is 40.1 Å². The quantitative estimate of drug-likeness (QED) is 0.198. The maximum absolute atomic E-state index is 14.9. The molecule has 5 aromatic rings. The van der Waals surface area contributed by atoms with Gasteiger partial charge in [-0.2, -0.15) is 5.10 Å². The molecule has 13 heteroatoms. The third kappa shape index (κ3) is 6.92. The molecule has 0 aliphatic carbocycles. The summed E-state index contributed by atoms with van der Waals surface area (Å²) in [4.78, 5) is 44.1. The molecule has 3 heterocycles. The second-order valence-corrected chi connectivity index (χ2v) is 11.5. The van der Waals surface area contributed by atoms with Gasteiger partial charge in [-0.25, -0.2) is 23.7 Å². The highest BCUT2D eigenvalue weighted by atomic mass is 35.5. The zero-order valence-corrected chi connectivity index (χ0v) is 25.9. The number of benzene rings is 3. The van der Waals surface area contributed by atoms with Gasteiger partial charge in [0.1, 0.15) is 23.2 Å². The van der Waals surface area contributed by atoms with Crippen molar-refractivity contribution in [2.75, 3.05) is 25.5 Å². The number of methoxy groups -OCH3 is 1. The van der Waals surface area contributed by atoms with E-state index in [-0.39, 0.29) is 28.7 Å². The van der Waals surface area contributed by atoms with Gasteiger partial charge < -0.3 is 15.0 Å². The Morgan fingerprint density at radius 2 is 1.79 bits per heavy atom. The van der Waals surface area contributed by atoms with E-state index >= 15 is 0 Å². The smallest absolute Gasteiger partial charge is 0.320 e. The molecule has 3 aromatic carbocycles. The number of pyridine rings is 1. The number of aromatic nitrogens is 3. The number of rotatable bonds is 7. The van der Waals surface area contributed by atoms with E-state index in [2.05, 4.69) is 25.8 Å². The number of halogens is 3. The van der Waals surface area contributed by atoms with Crippen LogP contribution in [0.2, 0.25) is 5.02 Å². The van der Waals surface area contributed by atoms with Gasteiger partial charge in [-0.05, 0) is 54.8 Å². The average molecular weight is 659 g/mol. The van der Waals surface area contributed by atoms with Crippen molar-refractivity contribution in [1.29, 1.82) is 0 Å². The Hall–Kier alpha value is -5.36. The van der Waals surface area contributed by atoms with Crippen LogP contribution in [0.15, 0.2) is 77.7 Å². The number of likely N-dealkylation sites (tertiary alicyclic amines) is 1. The number of ether oxygens (including phenoxy) is 1. The summed E-state index contributed by atoms with van der Waals surface area (Å²) in [7, 11) is 1.42. The number of anilines is 1. The van der Waals surface area contributed by atoms with Crippen LogP contribution in [0.1, 0.15) is 34.5 Å². The Morgan fingerprint density at radius 3 is 2.55 bits per heavy atom. The molecule has 3 N–H and O–H groups in total. The van der Waals surface area contributed by atoms with Gasteiger partial charge in [0.2, 0.25) is 0 Å². The van der Waals surface area contributed by atoms with Crippen molar-refractivity contribution in [3.8, 4) is 16.9 Å². The van der Waals surface area contributed by atoms with E-state index in [1.165, 1.54) is 43.6 Å². The van der Waals surface area contributed by atoms with Crippen LogP contribution in [0.25, 0.3) is 21.9 Å². The molecule has 240 valence electrons. The van der Waals surface area contributed by atoms with Crippen molar-refractivity contribution in [1.82, 2.24) is 25.4 Å². The van der Waals surface area contributed by atoms with Crippen molar-refractivity contribution in [2.45, 2.75) is 25.3 Å². The van der Waals surface area contributed by atoms with Crippen LogP contribution in [0.4, 0.5) is 19.4 Å². The summed E-state index contributed by atoms with van der Waals surface area (Å²) in [6, 6.07) is 16.3. The second kappa shape index (κ2) is 13.6. The van der Waals surface area contributed by atoms with Gasteiger partial charge >= 0.3 is 6.03 Å². The first-order valence-electron chi connectivity index (χ1n) is 14.8. The first-order chi connectivity index (χ1) is 22.7. The molecule has 0 bridgehead atoms. The Labute approximate surface area is 272 Å². The third-order valence-electron chi connectivity index (χ3n) is 8.08. The molecule has 0 atom stereocenters. The number of nitrogens with one attached hydrogen (secondary N) is 3. The monoisotopic (exact) mass is 658 g/mol. The minimum atomic E-state index is -0.634. The fraction of sp³-hybridized carbons (Fsp3) is 0.206. The lowest BCUT2D eigenvalue weighted by atomic mass is 10.0. The number of H-pyrrole nitrogens is 1. The van der Waals surface area contributed by atoms with E-state index in [1.807, 2.05) is 6.07 Å². The van der Waals surface area contributed by atoms with Crippen molar-refractivity contribution < 1.29 is 23.1 Å². The molecule has 1 aliphatic rings. The summed E-state index contributed by atoms with van der Waals surface area (Å²) in [5, 5.41) is 13.8. The molecule has 2 aromatic heterocycles.